The maximum absolute atomic E-state index is 11.2. The van der Waals surface area contributed by atoms with Crippen molar-refractivity contribution in [1.82, 2.24) is 10.2 Å². The molecule has 1 atom stereocenters. The number of carboxylic acids is 1. The number of aliphatic carboxylic acids is 1. The van der Waals surface area contributed by atoms with Gasteiger partial charge in [-0.1, -0.05) is 24.3 Å². The Labute approximate surface area is 108 Å². The molecule has 0 aliphatic carbocycles. The number of benzene rings is 1. The molecule has 1 heterocycles. The average molecular weight is 248 g/mol. The van der Waals surface area contributed by atoms with Gasteiger partial charge in [-0.25, -0.2) is 0 Å². The normalized spacial score (nSPS) is 18.3. The molecule has 0 spiro atoms. The first-order chi connectivity index (χ1) is 8.55. The highest BCUT2D eigenvalue weighted by molar-refractivity contribution is 5.78. The molecule has 18 heavy (non-hydrogen) atoms. The third kappa shape index (κ3) is 2.54. The summed E-state index contributed by atoms with van der Waals surface area (Å²) in [5, 5.41) is 12.1. The first-order valence-electron chi connectivity index (χ1n) is 6.26. The molecule has 1 aliphatic heterocycles. The van der Waals surface area contributed by atoms with Gasteiger partial charge >= 0.3 is 5.97 Å². The number of carboxylic acid groups (broad SMARTS) is 1. The van der Waals surface area contributed by atoms with Crippen LogP contribution in [-0.2, 0) is 17.9 Å². The van der Waals surface area contributed by atoms with E-state index in [9.17, 15) is 9.90 Å². The molecule has 0 saturated heterocycles. The molecule has 0 amide bonds. The van der Waals surface area contributed by atoms with Crippen LogP contribution in [0.25, 0.3) is 0 Å². The van der Waals surface area contributed by atoms with Gasteiger partial charge in [-0.05, 0) is 31.5 Å². The van der Waals surface area contributed by atoms with Gasteiger partial charge in [0.05, 0.1) is 0 Å². The van der Waals surface area contributed by atoms with E-state index in [1.165, 1.54) is 11.1 Å². The van der Waals surface area contributed by atoms with Crippen LogP contribution in [0, 0.1) is 0 Å². The number of hydrogen-bond acceptors (Lipinski definition) is 3. The molecule has 0 fully saturated rings. The van der Waals surface area contributed by atoms with Crippen molar-refractivity contribution in [1.29, 1.82) is 0 Å². The van der Waals surface area contributed by atoms with Crippen molar-refractivity contribution < 1.29 is 9.90 Å². The minimum atomic E-state index is -0.839. The highest BCUT2D eigenvalue weighted by atomic mass is 16.4. The summed E-state index contributed by atoms with van der Waals surface area (Å²) in [4.78, 5) is 13.5. The molecule has 1 aromatic carbocycles. The van der Waals surface area contributed by atoms with Crippen LogP contribution in [0.3, 0.4) is 0 Å². The van der Waals surface area contributed by atoms with Gasteiger partial charge in [0, 0.05) is 19.6 Å². The number of carbonyl (C=O) groups is 1. The Bertz CT molecular complexity index is 422. The van der Waals surface area contributed by atoms with E-state index in [1.54, 1.807) is 14.0 Å². The van der Waals surface area contributed by atoms with Gasteiger partial charge in [0.15, 0.2) is 0 Å². The lowest BCUT2D eigenvalue weighted by Crippen LogP contribution is -2.49. The summed E-state index contributed by atoms with van der Waals surface area (Å²) in [7, 11) is 1.70. The van der Waals surface area contributed by atoms with Crippen LogP contribution in [0.15, 0.2) is 24.3 Å². The molecule has 1 unspecified atom stereocenters. The highest BCUT2D eigenvalue weighted by Crippen LogP contribution is 2.23. The summed E-state index contributed by atoms with van der Waals surface area (Å²) >= 11 is 0. The van der Waals surface area contributed by atoms with Gasteiger partial charge in [-0.3, -0.25) is 9.69 Å². The third-order valence-corrected chi connectivity index (χ3v) is 3.86. The molecule has 1 aromatic rings. The van der Waals surface area contributed by atoms with Crippen molar-refractivity contribution in [3.63, 3.8) is 0 Å². The van der Waals surface area contributed by atoms with Crippen molar-refractivity contribution in [3.8, 4) is 0 Å². The second-order valence-electron chi connectivity index (χ2n) is 5.12. The van der Waals surface area contributed by atoms with Crippen LogP contribution in [0.2, 0.25) is 0 Å². The number of fused-ring (bicyclic) bond motifs is 1. The zero-order valence-corrected chi connectivity index (χ0v) is 10.9. The van der Waals surface area contributed by atoms with Crippen molar-refractivity contribution in [3.05, 3.63) is 35.4 Å². The van der Waals surface area contributed by atoms with E-state index < -0.39 is 11.5 Å². The Hall–Kier alpha value is -1.39. The highest BCUT2D eigenvalue weighted by Gasteiger charge is 2.32. The molecule has 98 valence electrons. The second kappa shape index (κ2) is 5.08. The Morgan fingerprint density at radius 2 is 1.94 bits per heavy atom. The van der Waals surface area contributed by atoms with Crippen LogP contribution in [0.1, 0.15) is 24.5 Å². The molecule has 4 heteroatoms. The Morgan fingerprint density at radius 3 is 2.39 bits per heavy atom. The summed E-state index contributed by atoms with van der Waals surface area (Å²) in [6.45, 7) is 4.38. The van der Waals surface area contributed by atoms with E-state index in [0.717, 1.165) is 19.6 Å². The SMILES string of the molecule is CNC(C)(CCN1Cc2ccccc2C1)C(=O)O. The van der Waals surface area contributed by atoms with Crippen molar-refractivity contribution in [2.75, 3.05) is 13.6 Å². The zero-order chi connectivity index (χ0) is 13.2. The lowest BCUT2D eigenvalue weighted by Gasteiger charge is -2.26. The monoisotopic (exact) mass is 248 g/mol. The van der Waals surface area contributed by atoms with Gasteiger partial charge in [0.1, 0.15) is 5.54 Å². The molecule has 0 bridgehead atoms. The van der Waals surface area contributed by atoms with E-state index >= 15 is 0 Å². The van der Waals surface area contributed by atoms with Crippen molar-refractivity contribution >= 4 is 5.97 Å². The predicted octanol–water partition coefficient (Wildman–Crippen LogP) is 1.45. The van der Waals surface area contributed by atoms with Crippen molar-refractivity contribution in [2.45, 2.75) is 32.0 Å². The smallest absolute Gasteiger partial charge is 0.323 e. The van der Waals surface area contributed by atoms with Gasteiger partial charge < -0.3 is 10.4 Å². The molecule has 2 rings (SSSR count). The molecule has 0 saturated carbocycles. The van der Waals surface area contributed by atoms with Crippen molar-refractivity contribution in [2.24, 2.45) is 0 Å². The number of nitrogens with zero attached hydrogens (tertiary/aromatic N) is 1. The van der Waals surface area contributed by atoms with E-state index in [2.05, 4.69) is 34.5 Å². The number of rotatable bonds is 5. The minimum absolute atomic E-state index is 0.604. The molecule has 4 nitrogen and oxygen atoms in total. The summed E-state index contributed by atoms with van der Waals surface area (Å²) in [5.41, 5.74) is 1.88. The van der Waals surface area contributed by atoms with E-state index in [0.29, 0.717) is 6.42 Å². The quantitative estimate of drug-likeness (QED) is 0.828. The molecule has 0 aromatic heterocycles. The van der Waals surface area contributed by atoms with E-state index in [4.69, 9.17) is 0 Å². The maximum atomic E-state index is 11.2. The summed E-state index contributed by atoms with van der Waals surface area (Å²) in [6, 6.07) is 8.39. The molecule has 2 N–H and O–H groups in total. The van der Waals surface area contributed by atoms with E-state index in [1.807, 2.05) is 0 Å². The van der Waals surface area contributed by atoms with Crippen LogP contribution in [0.4, 0.5) is 0 Å². The fraction of sp³-hybridized carbons (Fsp3) is 0.500. The summed E-state index contributed by atoms with van der Waals surface area (Å²) < 4.78 is 0. The molecular formula is C14H20N2O2. The fourth-order valence-corrected chi connectivity index (χ4v) is 2.28. The van der Waals surface area contributed by atoms with Crippen LogP contribution in [0.5, 0.6) is 0 Å². The second-order valence-corrected chi connectivity index (χ2v) is 5.12. The Kier molecular flexibility index (Phi) is 3.68. The van der Waals surface area contributed by atoms with Gasteiger partial charge in [0.2, 0.25) is 0 Å². The largest absolute Gasteiger partial charge is 0.480 e. The zero-order valence-electron chi connectivity index (χ0n) is 10.9. The van der Waals surface area contributed by atoms with Crippen LogP contribution >= 0.6 is 0 Å². The van der Waals surface area contributed by atoms with E-state index in [-0.39, 0.29) is 0 Å². The first kappa shape index (κ1) is 13.1. The Balaban J connectivity index is 1.92. The summed E-state index contributed by atoms with van der Waals surface area (Å²) in [5.74, 6) is -0.790. The standard InChI is InChI=1S/C14H20N2O2/c1-14(15-2,13(17)18)7-8-16-9-11-5-3-4-6-12(11)10-16/h3-6,15H,7-10H2,1-2H3,(H,17,18). The number of nitrogens with one attached hydrogen (secondary N) is 1. The fourth-order valence-electron chi connectivity index (χ4n) is 2.28. The first-order valence-corrected chi connectivity index (χ1v) is 6.26. The van der Waals surface area contributed by atoms with Crippen LogP contribution < -0.4 is 5.32 Å². The van der Waals surface area contributed by atoms with Gasteiger partial charge in [0.25, 0.3) is 0 Å². The third-order valence-electron chi connectivity index (χ3n) is 3.86. The topological polar surface area (TPSA) is 52.6 Å². The average Bonchev–Trinajstić information content (AvgIpc) is 2.78. The lowest BCUT2D eigenvalue weighted by atomic mass is 9.98. The van der Waals surface area contributed by atoms with Crippen LogP contribution in [-0.4, -0.2) is 35.1 Å². The summed E-state index contributed by atoms with van der Waals surface area (Å²) in [6.07, 6.45) is 0.604. The predicted molar refractivity (Wildman–Crippen MR) is 70.3 cm³/mol. The van der Waals surface area contributed by atoms with Gasteiger partial charge in [-0.15, -0.1) is 0 Å². The molecular weight excluding hydrogens is 228 g/mol. The minimum Gasteiger partial charge on any atom is -0.480 e. The maximum Gasteiger partial charge on any atom is 0.323 e. The Morgan fingerprint density at radius 1 is 1.39 bits per heavy atom. The molecule has 1 aliphatic rings. The number of hydrogen-bond donors (Lipinski definition) is 2. The molecule has 0 radical (unpaired) electrons. The lowest BCUT2D eigenvalue weighted by molar-refractivity contribution is -0.144. The van der Waals surface area contributed by atoms with Gasteiger partial charge in [-0.2, -0.15) is 0 Å². The number of likely N-dealkylation sites (N-methyl/N-ethyl adjacent to an activating group) is 1.